The number of carboxylic acid groups (broad SMARTS) is 1. The zero-order valence-electron chi connectivity index (χ0n) is 11.5. The van der Waals surface area contributed by atoms with Crippen LogP contribution in [0.4, 0.5) is 0 Å². The maximum Gasteiger partial charge on any atom is 0.326 e. The Kier molecular flexibility index (Phi) is 8.52. The van der Waals surface area contributed by atoms with Crippen LogP contribution in [-0.2, 0) is 23.9 Å². The first-order valence-electron chi connectivity index (χ1n) is 6.02. The molecule has 0 heterocycles. The summed E-state index contributed by atoms with van der Waals surface area (Å²) in [5.41, 5.74) is 0. The third-order valence-corrected chi connectivity index (χ3v) is 2.68. The number of carbonyl (C=O) groups is 3. The fourth-order valence-corrected chi connectivity index (χ4v) is 1.34. The van der Waals surface area contributed by atoms with E-state index in [-0.39, 0.29) is 31.3 Å². The molecule has 0 saturated heterocycles. The Morgan fingerprint density at radius 3 is 2.26 bits per heavy atom. The van der Waals surface area contributed by atoms with Gasteiger partial charge in [-0.1, -0.05) is 0 Å². The molecular weight excluding hydrogens is 254 g/mol. The molecule has 0 bridgehead atoms. The fourth-order valence-electron chi connectivity index (χ4n) is 1.34. The molecule has 19 heavy (non-hydrogen) atoms. The van der Waals surface area contributed by atoms with Crippen molar-refractivity contribution in [2.75, 3.05) is 14.2 Å². The van der Waals surface area contributed by atoms with E-state index in [0.29, 0.717) is 6.42 Å². The third-order valence-electron chi connectivity index (χ3n) is 2.68. The summed E-state index contributed by atoms with van der Waals surface area (Å²) >= 11 is 0. The summed E-state index contributed by atoms with van der Waals surface area (Å²) < 4.78 is 9.41. The first kappa shape index (κ1) is 17.4. The predicted molar refractivity (Wildman–Crippen MR) is 66.5 cm³/mol. The van der Waals surface area contributed by atoms with Crippen molar-refractivity contribution in [2.24, 2.45) is 0 Å². The number of carbonyl (C=O) groups excluding carboxylic acids is 2. The number of methoxy groups -OCH3 is 2. The summed E-state index contributed by atoms with van der Waals surface area (Å²) in [6, 6.07) is -1.08. The van der Waals surface area contributed by atoms with Gasteiger partial charge in [-0.2, -0.15) is 0 Å². The van der Waals surface area contributed by atoms with Crippen LogP contribution in [0.15, 0.2) is 0 Å². The lowest BCUT2D eigenvalue weighted by atomic mass is 10.1. The highest BCUT2D eigenvalue weighted by molar-refractivity contribution is 5.84. The van der Waals surface area contributed by atoms with Gasteiger partial charge < -0.3 is 19.9 Å². The molecule has 1 unspecified atom stereocenters. The van der Waals surface area contributed by atoms with E-state index in [2.05, 4.69) is 10.1 Å². The maximum absolute atomic E-state index is 11.5. The van der Waals surface area contributed by atoms with Crippen molar-refractivity contribution < 1.29 is 29.0 Å². The lowest BCUT2D eigenvalue weighted by Crippen LogP contribution is -2.41. The molecule has 110 valence electrons. The van der Waals surface area contributed by atoms with E-state index in [4.69, 9.17) is 9.84 Å². The molecule has 0 spiro atoms. The van der Waals surface area contributed by atoms with Gasteiger partial charge in [0, 0.05) is 20.0 Å². The Hall–Kier alpha value is -1.63. The van der Waals surface area contributed by atoms with Crippen molar-refractivity contribution in [3.05, 3.63) is 0 Å². The van der Waals surface area contributed by atoms with Crippen LogP contribution in [0, 0.1) is 0 Å². The Bertz CT molecular complexity index is 317. The monoisotopic (exact) mass is 275 g/mol. The highest BCUT2D eigenvalue weighted by atomic mass is 16.5. The number of ether oxygens (including phenoxy) is 2. The lowest BCUT2D eigenvalue weighted by Gasteiger charge is -2.15. The van der Waals surface area contributed by atoms with E-state index >= 15 is 0 Å². The quantitative estimate of drug-likeness (QED) is 0.588. The molecule has 0 aromatic carbocycles. The SMILES string of the molecule is COC(=O)CC[C@@H](NC(=O)CCC(C)OC)C(=O)O. The van der Waals surface area contributed by atoms with Gasteiger partial charge >= 0.3 is 11.9 Å². The van der Waals surface area contributed by atoms with Gasteiger partial charge in [0.2, 0.25) is 5.91 Å². The summed E-state index contributed by atoms with van der Waals surface area (Å²) in [4.78, 5) is 33.4. The van der Waals surface area contributed by atoms with Crippen molar-refractivity contribution >= 4 is 17.8 Å². The summed E-state index contributed by atoms with van der Waals surface area (Å²) in [6.07, 6.45) is 0.572. The minimum Gasteiger partial charge on any atom is -0.480 e. The number of carboxylic acids is 1. The molecular formula is C12H21NO6. The van der Waals surface area contributed by atoms with Crippen LogP contribution in [-0.4, -0.2) is 49.3 Å². The Labute approximate surface area is 112 Å². The number of nitrogens with one attached hydrogen (secondary N) is 1. The molecule has 7 nitrogen and oxygen atoms in total. The molecule has 0 aliphatic rings. The van der Waals surface area contributed by atoms with Crippen LogP contribution < -0.4 is 5.32 Å². The maximum atomic E-state index is 11.5. The Balaban J connectivity index is 4.15. The number of rotatable bonds is 9. The van der Waals surface area contributed by atoms with Crippen LogP contribution in [0.25, 0.3) is 0 Å². The average Bonchev–Trinajstić information content (AvgIpc) is 2.39. The van der Waals surface area contributed by atoms with Gasteiger partial charge in [0.25, 0.3) is 0 Å². The van der Waals surface area contributed by atoms with E-state index in [9.17, 15) is 14.4 Å². The molecule has 0 aliphatic heterocycles. The first-order chi connectivity index (χ1) is 8.90. The molecule has 1 amide bonds. The van der Waals surface area contributed by atoms with E-state index in [1.807, 2.05) is 6.92 Å². The van der Waals surface area contributed by atoms with Crippen LogP contribution in [0.2, 0.25) is 0 Å². The molecule has 0 aromatic rings. The molecule has 0 radical (unpaired) electrons. The van der Waals surface area contributed by atoms with Crippen molar-refractivity contribution in [1.82, 2.24) is 5.32 Å². The summed E-state index contributed by atoms with van der Waals surface area (Å²) in [5, 5.41) is 11.3. The molecule has 2 atom stereocenters. The van der Waals surface area contributed by atoms with Crippen molar-refractivity contribution in [3.8, 4) is 0 Å². The van der Waals surface area contributed by atoms with Crippen molar-refractivity contribution in [2.45, 2.75) is 44.8 Å². The average molecular weight is 275 g/mol. The zero-order chi connectivity index (χ0) is 14.8. The third kappa shape index (κ3) is 8.15. The van der Waals surface area contributed by atoms with Crippen LogP contribution in [0.3, 0.4) is 0 Å². The minimum absolute atomic E-state index is 0.00752. The van der Waals surface area contributed by atoms with E-state index in [1.54, 1.807) is 7.11 Å². The summed E-state index contributed by atoms with van der Waals surface area (Å²) in [6.45, 7) is 1.82. The first-order valence-corrected chi connectivity index (χ1v) is 6.02. The van der Waals surface area contributed by atoms with E-state index in [1.165, 1.54) is 7.11 Å². The number of hydrogen-bond acceptors (Lipinski definition) is 5. The Morgan fingerprint density at radius 2 is 1.79 bits per heavy atom. The van der Waals surface area contributed by atoms with Crippen molar-refractivity contribution in [3.63, 3.8) is 0 Å². The summed E-state index contributed by atoms with van der Waals surface area (Å²) in [7, 11) is 2.77. The van der Waals surface area contributed by atoms with Gasteiger partial charge in [-0.25, -0.2) is 4.79 Å². The largest absolute Gasteiger partial charge is 0.480 e. The minimum atomic E-state index is -1.17. The number of hydrogen-bond donors (Lipinski definition) is 2. The van der Waals surface area contributed by atoms with Crippen LogP contribution in [0.1, 0.15) is 32.6 Å². The highest BCUT2D eigenvalue weighted by Gasteiger charge is 2.21. The smallest absolute Gasteiger partial charge is 0.326 e. The standard InChI is InChI=1S/C12H21NO6/c1-8(18-2)4-6-10(14)13-9(12(16)17)5-7-11(15)19-3/h8-9H,4-7H2,1-3H3,(H,13,14)(H,16,17)/t8?,9-/m1/s1. The van der Waals surface area contributed by atoms with Crippen LogP contribution in [0.5, 0.6) is 0 Å². The normalized spacial score (nSPS) is 13.4. The second-order valence-corrected chi connectivity index (χ2v) is 4.16. The van der Waals surface area contributed by atoms with Gasteiger partial charge in [-0.05, 0) is 19.8 Å². The second kappa shape index (κ2) is 9.32. The number of esters is 1. The van der Waals surface area contributed by atoms with Gasteiger partial charge in [0.1, 0.15) is 6.04 Å². The van der Waals surface area contributed by atoms with E-state index in [0.717, 1.165) is 0 Å². The summed E-state index contributed by atoms with van der Waals surface area (Å²) in [5.74, 6) is -2.05. The molecule has 0 aliphatic carbocycles. The topological polar surface area (TPSA) is 102 Å². The molecule has 0 fully saturated rings. The molecule has 0 rings (SSSR count). The molecule has 0 aromatic heterocycles. The van der Waals surface area contributed by atoms with Crippen LogP contribution >= 0.6 is 0 Å². The van der Waals surface area contributed by atoms with E-state index < -0.39 is 18.0 Å². The number of aliphatic carboxylic acids is 1. The zero-order valence-corrected chi connectivity index (χ0v) is 11.5. The number of amides is 1. The Morgan fingerprint density at radius 1 is 1.16 bits per heavy atom. The predicted octanol–water partition coefficient (Wildman–Crippen LogP) is 0.324. The fraction of sp³-hybridized carbons (Fsp3) is 0.750. The van der Waals surface area contributed by atoms with Gasteiger partial charge in [0.15, 0.2) is 0 Å². The molecule has 0 saturated carbocycles. The molecule has 7 heteroatoms. The van der Waals surface area contributed by atoms with Gasteiger partial charge in [-0.15, -0.1) is 0 Å². The second-order valence-electron chi connectivity index (χ2n) is 4.16. The van der Waals surface area contributed by atoms with Gasteiger partial charge in [-0.3, -0.25) is 9.59 Å². The highest BCUT2D eigenvalue weighted by Crippen LogP contribution is 2.03. The van der Waals surface area contributed by atoms with Gasteiger partial charge in [0.05, 0.1) is 13.2 Å². The molecule has 2 N–H and O–H groups in total. The lowest BCUT2D eigenvalue weighted by molar-refractivity contribution is -0.144. The van der Waals surface area contributed by atoms with Crippen molar-refractivity contribution in [1.29, 1.82) is 0 Å².